The number of carbonyl (C=O) groups is 1. The normalized spacial score (nSPS) is 11.4. The topological polar surface area (TPSA) is 81.8 Å². The molecule has 1 N–H and O–H groups in total. The van der Waals surface area contributed by atoms with Gasteiger partial charge in [0.05, 0.1) is 17.6 Å². The molecule has 2 aromatic heterocycles. The summed E-state index contributed by atoms with van der Waals surface area (Å²) in [5, 5.41) is 14.7. The van der Waals surface area contributed by atoms with Crippen LogP contribution in [0.3, 0.4) is 0 Å². The molecule has 1 amide bonds. The fourth-order valence-electron chi connectivity index (χ4n) is 4.27. The summed E-state index contributed by atoms with van der Waals surface area (Å²) in [7, 11) is 0. The van der Waals surface area contributed by atoms with Crippen LogP contribution in [-0.4, -0.2) is 25.5 Å². The summed E-state index contributed by atoms with van der Waals surface area (Å²) in [4.78, 5) is 26.5. The molecule has 0 spiro atoms. The molecule has 0 unspecified atom stereocenters. The molecule has 7 heteroatoms. The van der Waals surface area contributed by atoms with Crippen molar-refractivity contribution < 1.29 is 4.79 Å². The second kappa shape index (κ2) is 8.59. The maximum absolute atomic E-state index is 13.5. The fourth-order valence-corrected chi connectivity index (χ4v) is 4.27. The highest BCUT2D eigenvalue weighted by molar-refractivity contribution is 6.02. The largest absolute Gasteiger partial charge is 0.324 e. The molecule has 5 rings (SSSR count). The summed E-state index contributed by atoms with van der Waals surface area (Å²) < 4.78 is 2.90. The van der Waals surface area contributed by atoms with Crippen LogP contribution < -0.4 is 10.9 Å². The Balaban J connectivity index is 1.57. The predicted molar refractivity (Wildman–Crippen MR) is 135 cm³/mol. The smallest absolute Gasteiger partial charge is 0.293 e. The number of nitrogens with zero attached hydrogens (tertiary/aromatic N) is 4. The third-order valence-electron chi connectivity index (χ3n) is 5.96. The molecule has 0 aliphatic carbocycles. The van der Waals surface area contributed by atoms with Gasteiger partial charge in [0.25, 0.3) is 5.56 Å². The van der Waals surface area contributed by atoms with Gasteiger partial charge >= 0.3 is 0 Å². The lowest BCUT2D eigenvalue weighted by atomic mass is 10.1. The fraction of sp³-hybridized carbons (Fsp3) is 0.185. The first-order chi connectivity index (χ1) is 16.4. The monoisotopic (exact) mass is 451 g/mol. The number of aromatic nitrogens is 4. The quantitative estimate of drug-likeness (QED) is 0.416. The van der Waals surface area contributed by atoms with E-state index in [-0.39, 0.29) is 23.9 Å². The molecular weight excluding hydrogens is 426 g/mol. The van der Waals surface area contributed by atoms with E-state index in [1.807, 2.05) is 87.5 Å². The van der Waals surface area contributed by atoms with E-state index in [0.29, 0.717) is 16.6 Å². The first-order valence-electron chi connectivity index (χ1n) is 11.3. The van der Waals surface area contributed by atoms with Gasteiger partial charge in [-0.3, -0.25) is 9.59 Å². The van der Waals surface area contributed by atoms with Gasteiger partial charge in [-0.1, -0.05) is 68.4 Å². The van der Waals surface area contributed by atoms with Crippen LogP contribution in [0.25, 0.3) is 27.4 Å². The van der Waals surface area contributed by atoms with Crippen LogP contribution in [0, 0.1) is 6.92 Å². The van der Waals surface area contributed by atoms with Crippen LogP contribution in [0.15, 0.2) is 77.7 Å². The predicted octanol–water partition coefficient (Wildman–Crippen LogP) is 4.81. The third-order valence-corrected chi connectivity index (χ3v) is 5.96. The van der Waals surface area contributed by atoms with Crippen molar-refractivity contribution in [1.29, 1.82) is 0 Å². The number of rotatable bonds is 5. The van der Waals surface area contributed by atoms with Crippen LogP contribution in [0.5, 0.6) is 0 Å². The molecule has 0 aliphatic heterocycles. The second-order valence-electron chi connectivity index (χ2n) is 8.68. The molecule has 0 atom stereocenters. The molecule has 0 aliphatic rings. The van der Waals surface area contributed by atoms with E-state index < -0.39 is 0 Å². The lowest BCUT2D eigenvalue weighted by Gasteiger charge is -2.13. The second-order valence-corrected chi connectivity index (χ2v) is 8.68. The van der Waals surface area contributed by atoms with Gasteiger partial charge in [0.2, 0.25) is 5.91 Å². The third kappa shape index (κ3) is 3.75. The van der Waals surface area contributed by atoms with Crippen molar-refractivity contribution in [2.24, 2.45) is 0 Å². The van der Waals surface area contributed by atoms with Crippen LogP contribution in [-0.2, 0) is 11.3 Å². The molecule has 5 aromatic rings. The molecule has 7 nitrogen and oxygen atoms in total. The summed E-state index contributed by atoms with van der Waals surface area (Å²) in [6.07, 6.45) is 1.69. The van der Waals surface area contributed by atoms with Crippen molar-refractivity contribution in [2.75, 3.05) is 5.32 Å². The zero-order valence-corrected chi connectivity index (χ0v) is 19.3. The van der Waals surface area contributed by atoms with E-state index >= 15 is 0 Å². The van der Waals surface area contributed by atoms with Gasteiger partial charge < -0.3 is 5.32 Å². The van der Waals surface area contributed by atoms with Crippen molar-refractivity contribution in [1.82, 2.24) is 19.6 Å². The maximum atomic E-state index is 13.5. The van der Waals surface area contributed by atoms with E-state index in [1.54, 1.807) is 10.9 Å². The Kier molecular flexibility index (Phi) is 5.45. The SMILES string of the molecule is Cc1ccccc1-n1ncc2c(C(C)C)nn(CC(=O)Nc3cccc4ccccc34)c(=O)c21. The Labute approximate surface area is 196 Å². The Morgan fingerprint density at radius 2 is 1.71 bits per heavy atom. The Bertz CT molecular complexity index is 1590. The van der Waals surface area contributed by atoms with Crippen LogP contribution in [0.4, 0.5) is 5.69 Å². The highest BCUT2D eigenvalue weighted by Gasteiger charge is 2.20. The van der Waals surface area contributed by atoms with Crippen LogP contribution in [0.1, 0.15) is 31.0 Å². The molecule has 34 heavy (non-hydrogen) atoms. The number of nitrogens with one attached hydrogen (secondary N) is 1. The van der Waals surface area contributed by atoms with Crippen molar-refractivity contribution in [3.63, 3.8) is 0 Å². The molecule has 0 radical (unpaired) electrons. The van der Waals surface area contributed by atoms with E-state index in [4.69, 9.17) is 0 Å². The molecule has 3 aromatic carbocycles. The summed E-state index contributed by atoms with van der Waals surface area (Å²) in [6, 6.07) is 21.3. The average Bonchev–Trinajstić information content (AvgIpc) is 3.26. The zero-order chi connectivity index (χ0) is 23.8. The molecule has 0 saturated heterocycles. The van der Waals surface area contributed by atoms with Gasteiger partial charge in [-0.05, 0) is 35.9 Å². The minimum absolute atomic E-state index is 0.0463. The van der Waals surface area contributed by atoms with E-state index in [2.05, 4.69) is 15.5 Å². The number of fused-ring (bicyclic) bond motifs is 2. The number of hydrogen-bond acceptors (Lipinski definition) is 4. The van der Waals surface area contributed by atoms with Gasteiger partial charge in [-0.25, -0.2) is 9.36 Å². The molecule has 0 saturated carbocycles. The Hall–Kier alpha value is -4.26. The van der Waals surface area contributed by atoms with Gasteiger partial charge in [-0.2, -0.15) is 10.2 Å². The zero-order valence-electron chi connectivity index (χ0n) is 19.3. The summed E-state index contributed by atoms with van der Waals surface area (Å²) >= 11 is 0. The minimum Gasteiger partial charge on any atom is -0.324 e. The molecule has 2 heterocycles. The molecule has 0 bridgehead atoms. The lowest BCUT2D eigenvalue weighted by molar-refractivity contribution is -0.117. The van der Waals surface area contributed by atoms with E-state index in [9.17, 15) is 9.59 Å². The van der Waals surface area contributed by atoms with Crippen LogP contribution >= 0.6 is 0 Å². The number of amides is 1. The van der Waals surface area contributed by atoms with Crippen molar-refractivity contribution in [3.8, 4) is 5.69 Å². The van der Waals surface area contributed by atoms with E-state index in [1.165, 1.54) is 4.68 Å². The summed E-state index contributed by atoms with van der Waals surface area (Å²) in [6.45, 7) is 5.80. The molecule has 170 valence electrons. The van der Waals surface area contributed by atoms with Crippen LogP contribution in [0.2, 0.25) is 0 Å². The number of para-hydroxylation sites is 1. The minimum atomic E-state index is -0.353. The highest BCUT2D eigenvalue weighted by Crippen LogP contribution is 2.25. The molecular formula is C27H25N5O2. The summed E-state index contributed by atoms with van der Waals surface area (Å²) in [5.74, 6) is -0.271. The van der Waals surface area contributed by atoms with Gasteiger partial charge in [-0.15, -0.1) is 0 Å². The van der Waals surface area contributed by atoms with Crippen molar-refractivity contribution in [2.45, 2.75) is 33.2 Å². The standard InChI is InChI=1S/C27H25N5O2/c1-17(2)25-21-15-28-32(23-14-7-4-9-18(23)3)26(21)27(34)31(30-25)16-24(33)29-22-13-8-11-19-10-5-6-12-20(19)22/h4-15,17H,16H2,1-3H3,(H,29,33). The maximum Gasteiger partial charge on any atom is 0.293 e. The van der Waals surface area contributed by atoms with Crippen molar-refractivity contribution in [3.05, 3.63) is 94.5 Å². The highest BCUT2D eigenvalue weighted by atomic mass is 16.2. The van der Waals surface area contributed by atoms with E-state index in [0.717, 1.165) is 27.7 Å². The first-order valence-corrected chi connectivity index (χ1v) is 11.3. The molecule has 0 fully saturated rings. The Morgan fingerprint density at radius 1 is 0.971 bits per heavy atom. The van der Waals surface area contributed by atoms with Gasteiger partial charge in [0.15, 0.2) is 0 Å². The Morgan fingerprint density at radius 3 is 2.50 bits per heavy atom. The van der Waals surface area contributed by atoms with Crippen molar-refractivity contribution >= 4 is 33.3 Å². The van der Waals surface area contributed by atoms with Gasteiger partial charge in [0.1, 0.15) is 12.1 Å². The summed E-state index contributed by atoms with van der Waals surface area (Å²) in [5.41, 5.74) is 3.31. The number of aryl methyl sites for hydroxylation is 1. The number of carbonyl (C=O) groups excluding carboxylic acids is 1. The lowest BCUT2D eigenvalue weighted by Crippen LogP contribution is -2.31. The average molecular weight is 452 g/mol. The number of benzene rings is 3. The van der Waals surface area contributed by atoms with Gasteiger partial charge in [0, 0.05) is 16.5 Å². The number of hydrogen-bond donors (Lipinski definition) is 1. The number of anilines is 1. The first kappa shape index (κ1) is 21.6.